The van der Waals surface area contributed by atoms with Gasteiger partial charge in [-0.25, -0.2) is 4.39 Å². The summed E-state index contributed by atoms with van der Waals surface area (Å²) in [4.78, 5) is 0. The van der Waals surface area contributed by atoms with Gasteiger partial charge in [-0.3, -0.25) is 0 Å². The van der Waals surface area contributed by atoms with Crippen LogP contribution in [0.15, 0.2) is 48.5 Å². The maximum Gasteiger partial charge on any atom is 0.136 e. The fourth-order valence-electron chi connectivity index (χ4n) is 2.92. The monoisotopic (exact) mass is 392 g/mol. The minimum absolute atomic E-state index is 0.00324. The number of hydrogen-bond acceptors (Lipinski definition) is 5. The van der Waals surface area contributed by atoms with Crippen LogP contribution in [0.1, 0.15) is 11.1 Å². The Morgan fingerprint density at radius 2 is 1.44 bits per heavy atom. The Bertz CT molecular complexity index is 692. The van der Waals surface area contributed by atoms with E-state index in [1.165, 1.54) is 0 Å². The first-order valence-corrected chi connectivity index (χ1v) is 9.95. The van der Waals surface area contributed by atoms with Crippen molar-refractivity contribution in [1.29, 1.82) is 0 Å². The molecule has 0 aromatic heterocycles. The molecule has 3 rings (SSSR count). The van der Waals surface area contributed by atoms with Crippen molar-refractivity contribution in [3.05, 3.63) is 59.7 Å². The van der Waals surface area contributed by atoms with Gasteiger partial charge in [0, 0.05) is 5.75 Å². The second kappa shape index (κ2) is 9.97. The van der Waals surface area contributed by atoms with Gasteiger partial charge in [-0.05, 0) is 35.4 Å². The van der Waals surface area contributed by atoms with Gasteiger partial charge in [0.15, 0.2) is 0 Å². The largest absolute Gasteiger partial charge is 0.497 e. The van der Waals surface area contributed by atoms with Crippen LogP contribution in [-0.4, -0.2) is 44.1 Å². The van der Waals surface area contributed by atoms with Crippen molar-refractivity contribution in [2.75, 3.05) is 26.6 Å². The van der Waals surface area contributed by atoms with Crippen LogP contribution in [0, 0.1) is 0 Å². The van der Waals surface area contributed by atoms with Gasteiger partial charge in [0.25, 0.3) is 0 Å². The molecular weight excluding hydrogens is 367 g/mol. The molecule has 0 aliphatic carbocycles. The molecule has 1 fully saturated rings. The number of benzene rings is 2. The topological polar surface area (TPSA) is 36.9 Å². The molecule has 27 heavy (non-hydrogen) atoms. The molecule has 0 saturated carbocycles. The fourth-order valence-corrected chi connectivity index (χ4v) is 4.17. The molecule has 0 N–H and O–H groups in total. The molecule has 1 heterocycles. The van der Waals surface area contributed by atoms with Gasteiger partial charge in [0.05, 0.1) is 39.3 Å². The zero-order chi connectivity index (χ0) is 19.1. The van der Waals surface area contributed by atoms with Gasteiger partial charge < -0.3 is 18.9 Å². The van der Waals surface area contributed by atoms with Gasteiger partial charge in [0.2, 0.25) is 0 Å². The standard InChI is InChI=1S/C21H25FO4S/c1-23-17-7-3-15(4-8-17)11-25-13-20-21(19(22)14-27-20)26-12-16-5-9-18(24-2)10-6-16/h3-10,19-21H,11-14H2,1-2H3/t19-,20-,21?/m1/s1. The Morgan fingerprint density at radius 3 is 2.00 bits per heavy atom. The number of alkyl halides is 1. The summed E-state index contributed by atoms with van der Waals surface area (Å²) in [6.45, 7) is 1.33. The van der Waals surface area contributed by atoms with Crippen LogP contribution in [0.2, 0.25) is 0 Å². The van der Waals surface area contributed by atoms with Crippen LogP contribution >= 0.6 is 11.8 Å². The number of hydrogen-bond donors (Lipinski definition) is 0. The first kappa shape index (κ1) is 20.0. The van der Waals surface area contributed by atoms with E-state index in [1.807, 2.05) is 48.5 Å². The lowest BCUT2D eigenvalue weighted by Gasteiger charge is -2.21. The fraction of sp³-hybridized carbons (Fsp3) is 0.429. The average molecular weight is 392 g/mol. The Balaban J connectivity index is 1.47. The molecule has 3 atom stereocenters. The van der Waals surface area contributed by atoms with Crippen molar-refractivity contribution in [2.24, 2.45) is 0 Å². The quantitative estimate of drug-likeness (QED) is 0.637. The third kappa shape index (κ3) is 5.61. The summed E-state index contributed by atoms with van der Waals surface area (Å²) in [5.74, 6) is 2.06. The summed E-state index contributed by atoms with van der Waals surface area (Å²) in [5, 5.41) is -0.00324. The van der Waals surface area contributed by atoms with Crippen LogP contribution in [-0.2, 0) is 22.7 Å². The van der Waals surface area contributed by atoms with Crippen LogP contribution in [0.3, 0.4) is 0 Å². The molecule has 6 heteroatoms. The molecule has 0 radical (unpaired) electrons. The maximum atomic E-state index is 14.3. The van der Waals surface area contributed by atoms with Gasteiger partial charge in [0.1, 0.15) is 23.8 Å². The van der Waals surface area contributed by atoms with Gasteiger partial charge in [-0.1, -0.05) is 24.3 Å². The highest BCUT2D eigenvalue weighted by Crippen LogP contribution is 2.32. The summed E-state index contributed by atoms with van der Waals surface area (Å²) < 4.78 is 36.3. The van der Waals surface area contributed by atoms with Gasteiger partial charge in [-0.15, -0.1) is 0 Å². The molecule has 1 aliphatic rings. The molecule has 146 valence electrons. The maximum absolute atomic E-state index is 14.3. The number of rotatable bonds is 9. The van der Waals surface area contributed by atoms with Crippen molar-refractivity contribution >= 4 is 11.8 Å². The van der Waals surface area contributed by atoms with Crippen LogP contribution < -0.4 is 9.47 Å². The smallest absolute Gasteiger partial charge is 0.136 e. The van der Waals surface area contributed by atoms with Crippen LogP contribution in [0.4, 0.5) is 4.39 Å². The van der Waals surface area contributed by atoms with E-state index < -0.39 is 12.3 Å². The molecule has 1 aliphatic heterocycles. The molecule has 0 bridgehead atoms. The molecule has 2 aromatic carbocycles. The molecule has 2 aromatic rings. The lowest BCUT2D eigenvalue weighted by Crippen LogP contribution is -2.32. The summed E-state index contributed by atoms with van der Waals surface area (Å²) in [6.07, 6.45) is -1.42. The number of halogens is 1. The van der Waals surface area contributed by atoms with E-state index in [1.54, 1.807) is 26.0 Å². The Hall–Kier alpha value is -1.76. The van der Waals surface area contributed by atoms with E-state index in [4.69, 9.17) is 18.9 Å². The van der Waals surface area contributed by atoms with Crippen molar-refractivity contribution in [3.63, 3.8) is 0 Å². The number of ether oxygens (including phenoxy) is 4. The molecule has 1 saturated heterocycles. The van der Waals surface area contributed by atoms with Gasteiger partial charge >= 0.3 is 0 Å². The van der Waals surface area contributed by atoms with E-state index in [-0.39, 0.29) is 5.25 Å². The van der Waals surface area contributed by atoms with E-state index in [9.17, 15) is 4.39 Å². The lowest BCUT2D eigenvalue weighted by molar-refractivity contribution is -0.0168. The third-order valence-electron chi connectivity index (χ3n) is 4.50. The highest BCUT2D eigenvalue weighted by atomic mass is 32.2. The third-order valence-corrected chi connectivity index (χ3v) is 5.85. The minimum atomic E-state index is -0.970. The van der Waals surface area contributed by atoms with Crippen molar-refractivity contribution in [3.8, 4) is 11.5 Å². The minimum Gasteiger partial charge on any atom is -0.497 e. The SMILES string of the molecule is COc1ccc(COC[C@H]2SC[C@@H](F)C2OCc2ccc(OC)cc2)cc1. The Labute approximate surface area is 164 Å². The normalized spacial score (nSPS) is 22.0. The van der Waals surface area contributed by atoms with E-state index in [2.05, 4.69) is 0 Å². The second-order valence-corrected chi connectivity index (χ2v) is 7.65. The predicted molar refractivity (Wildman–Crippen MR) is 105 cm³/mol. The zero-order valence-electron chi connectivity index (χ0n) is 15.6. The van der Waals surface area contributed by atoms with E-state index in [0.29, 0.717) is 25.6 Å². The summed E-state index contributed by atoms with van der Waals surface area (Å²) in [7, 11) is 3.27. The van der Waals surface area contributed by atoms with Crippen molar-refractivity contribution in [1.82, 2.24) is 0 Å². The predicted octanol–water partition coefficient (Wildman–Crippen LogP) is 4.26. The van der Waals surface area contributed by atoms with E-state index >= 15 is 0 Å². The number of thioether (sulfide) groups is 1. The molecule has 4 nitrogen and oxygen atoms in total. The second-order valence-electron chi connectivity index (χ2n) is 6.37. The van der Waals surface area contributed by atoms with Gasteiger partial charge in [-0.2, -0.15) is 11.8 Å². The average Bonchev–Trinajstić information content (AvgIpc) is 3.07. The first-order valence-electron chi connectivity index (χ1n) is 8.90. The lowest BCUT2D eigenvalue weighted by atomic mass is 10.1. The first-order chi connectivity index (χ1) is 13.2. The van der Waals surface area contributed by atoms with Crippen LogP contribution in [0.5, 0.6) is 11.5 Å². The molecule has 0 spiro atoms. The highest BCUT2D eigenvalue weighted by molar-refractivity contribution is 8.00. The molecular formula is C21H25FO4S. The molecule has 1 unspecified atom stereocenters. The zero-order valence-corrected chi connectivity index (χ0v) is 16.4. The van der Waals surface area contributed by atoms with Crippen molar-refractivity contribution in [2.45, 2.75) is 30.7 Å². The summed E-state index contributed by atoms with van der Waals surface area (Å²) >= 11 is 1.58. The van der Waals surface area contributed by atoms with E-state index in [0.717, 1.165) is 22.6 Å². The Morgan fingerprint density at radius 1 is 0.889 bits per heavy atom. The summed E-state index contributed by atoms with van der Waals surface area (Å²) in [5.41, 5.74) is 2.06. The number of methoxy groups -OCH3 is 2. The summed E-state index contributed by atoms with van der Waals surface area (Å²) in [6, 6.07) is 15.4. The van der Waals surface area contributed by atoms with Crippen molar-refractivity contribution < 1.29 is 23.3 Å². The molecule has 0 amide bonds. The highest BCUT2D eigenvalue weighted by Gasteiger charge is 2.38. The Kier molecular flexibility index (Phi) is 7.38. The van der Waals surface area contributed by atoms with Crippen LogP contribution in [0.25, 0.3) is 0 Å².